The molecule has 8 heterocycles. The van der Waals surface area contributed by atoms with E-state index in [1.807, 2.05) is 147 Å². The number of carboxylic acids is 1. The van der Waals surface area contributed by atoms with Crippen molar-refractivity contribution in [3.8, 4) is 33.6 Å². The van der Waals surface area contributed by atoms with Crippen molar-refractivity contribution in [1.29, 1.82) is 0 Å². The Morgan fingerprint density at radius 1 is 0.562 bits per heavy atom. The lowest BCUT2D eigenvalue weighted by molar-refractivity contribution is -0.136. The number of hydrogen-bond acceptors (Lipinski definition) is 12. The maximum Gasteiger partial charge on any atom is 0.307 e. The van der Waals surface area contributed by atoms with Gasteiger partial charge in [0.25, 0.3) is 0 Å². The van der Waals surface area contributed by atoms with Crippen LogP contribution in [-0.2, 0) is 22.4 Å². The van der Waals surface area contributed by atoms with Gasteiger partial charge in [-0.05, 0) is 151 Å². The smallest absolute Gasteiger partial charge is 0.307 e. The van der Waals surface area contributed by atoms with E-state index in [-0.39, 0.29) is 12.3 Å². The van der Waals surface area contributed by atoms with Crippen molar-refractivity contribution >= 4 is 51.9 Å². The number of nitrogens with one attached hydrogen (secondary N) is 2. The van der Waals surface area contributed by atoms with Crippen LogP contribution in [0.1, 0.15) is 39.6 Å². The van der Waals surface area contributed by atoms with E-state index in [2.05, 4.69) is 72.8 Å². The summed E-state index contributed by atoms with van der Waals surface area (Å²) in [5.74, 6) is 0.721. The number of aromatic amines is 1. The first-order chi connectivity index (χ1) is 35.1. The maximum atomic E-state index is 12.4. The lowest BCUT2D eigenvalue weighted by atomic mass is 10.0. The molecule has 0 atom stereocenters. The van der Waals surface area contributed by atoms with Crippen molar-refractivity contribution < 1.29 is 14.7 Å². The van der Waals surface area contributed by atoms with Gasteiger partial charge in [0.2, 0.25) is 5.91 Å². The molecule has 0 bridgehead atoms. The van der Waals surface area contributed by atoms with Crippen LogP contribution in [0.25, 0.3) is 33.6 Å². The van der Waals surface area contributed by atoms with Gasteiger partial charge >= 0.3 is 5.97 Å². The van der Waals surface area contributed by atoms with E-state index in [4.69, 9.17) is 16.6 Å². The first-order valence-corrected chi connectivity index (χ1v) is 23.8. The lowest BCUT2D eigenvalue weighted by Crippen LogP contribution is -2.15. The van der Waals surface area contributed by atoms with Crippen LogP contribution in [0, 0.1) is 38.2 Å². The zero-order valence-corrected chi connectivity index (χ0v) is 43.1. The quantitative estimate of drug-likeness (QED) is 0.0846. The zero-order chi connectivity index (χ0) is 52.1. The van der Waals surface area contributed by atoms with E-state index < -0.39 is 5.97 Å². The second kappa shape index (κ2) is 26.9. The Labute approximate surface area is 437 Å². The van der Waals surface area contributed by atoms with Crippen LogP contribution in [0.5, 0.6) is 0 Å². The van der Waals surface area contributed by atoms with Crippen LogP contribution in [0.15, 0.2) is 178 Å². The number of carbonyl (C=O) groups excluding carboxylic acids is 1. The topological polar surface area (TPSA) is 247 Å². The van der Waals surface area contributed by atoms with Crippen LogP contribution in [-0.4, -0.2) is 71.0 Å². The van der Waals surface area contributed by atoms with Crippen molar-refractivity contribution in [3.63, 3.8) is 0 Å². The summed E-state index contributed by atoms with van der Waals surface area (Å²) >= 11 is 2.18. The number of carboxylic acid groups (broad SMARTS) is 1. The summed E-state index contributed by atoms with van der Waals surface area (Å²) in [6.45, 7) is 9.76. The SMILES string of the molecule is Cc1cc(-c2ccc(CC(=O)Nc3ccc(-n4cnc(C)c4)cn3)cc2)ccn1.Cc1cc(-c2ccc(CC(=O)O)cc2)ccn1.Cc1cn(-c2ccc(N)nc2)cn1.Cc1cnc[nH]1.Nc1ccc(I)cn1. The highest BCUT2D eigenvalue weighted by Crippen LogP contribution is 2.22. The second-order valence-electron chi connectivity index (χ2n) is 16.4. The minimum Gasteiger partial charge on any atom is -0.481 e. The number of amides is 1. The Hall–Kier alpha value is -8.91. The molecule has 18 heteroatoms. The van der Waals surface area contributed by atoms with E-state index in [0.717, 1.165) is 76.8 Å². The highest BCUT2D eigenvalue weighted by Gasteiger charge is 2.08. The van der Waals surface area contributed by atoms with E-state index in [9.17, 15) is 9.59 Å². The minimum absolute atomic E-state index is 0.0651. The number of nitrogens with zero attached hydrogens (tertiary/aromatic N) is 10. The number of nitrogen functional groups attached to an aromatic ring is 2. The number of aromatic nitrogens is 11. The number of rotatable bonds is 9. The molecule has 17 nitrogen and oxygen atoms in total. The third kappa shape index (κ3) is 18.1. The number of H-pyrrole nitrogens is 1. The predicted octanol–water partition coefficient (Wildman–Crippen LogP) is 9.96. The van der Waals surface area contributed by atoms with Crippen molar-refractivity contribution in [1.82, 2.24) is 54.0 Å². The molecule has 0 saturated heterocycles. The summed E-state index contributed by atoms with van der Waals surface area (Å²) in [5.41, 5.74) is 23.8. The fraction of sp³-hybridized carbons (Fsp3) is 0.127. The largest absolute Gasteiger partial charge is 0.481 e. The molecule has 0 radical (unpaired) electrons. The normalized spacial score (nSPS) is 10.2. The second-order valence-corrected chi connectivity index (χ2v) is 17.6. The third-order valence-corrected chi connectivity index (χ3v) is 10.9. The Bertz CT molecular complexity index is 3250. The van der Waals surface area contributed by atoms with Gasteiger partial charge in [0, 0.05) is 57.8 Å². The number of carbonyl (C=O) groups is 2. The van der Waals surface area contributed by atoms with Gasteiger partial charge in [-0.1, -0.05) is 48.5 Å². The number of aliphatic carboxylic acids is 1. The molecule has 0 spiro atoms. The van der Waals surface area contributed by atoms with Gasteiger partial charge in [0.05, 0.1) is 67.0 Å². The predicted molar refractivity (Wildman–Crippen MR) is 294 cm³/mol. The summed E-state index contributed by atoms with van der Waals surface area (Å²) in [6, 6.07) is 34.6. The standard InChI is InChI=1S/C23H21N5O.C14H13NO2.C9H10N4.C5H5IN2.C4H6N2/c1-16-11-20(9-10-24-16)19-5-3-18(4-6-19)12-23(29)27-22-8-7-21(13-25-22)28-14-17(2)26-15-28;1-10-8-13(6-7-15-10)12-4-2-11(3-5-12)9-14(16)17;1-7-5-13(6-12-7)8-2-3-9(10)11-4-8;6-4-1-2-5(7)8-3-4;1-4-2-5-3-6-4/h3-11,13-15H,12H2,1-2H3,(H,25,27,29);2-8H,9H2,1H3,(H,16,17);2-6H,1H3,(H2,10,11);1-3H,(H2,7,8);2-3H,1H3,(H,5,6). The van der Waals surface area contributed by atoms with Crippen LogP contribution < -0.4 is 16.8 Å². The molecule has 0 fully saturated rings. The van der Waals surface area contributed by atoms with Gasteiger partial charge in [-0.3, -0.25) is 19.6 Å². The van der Waals surface area contributed by atoms with Gasteiger partial charge in [0.1, 0.15) is 17.5 Å². The average molecular weight is 1090 g/mol. The summed E-state index contributed by atoms with van der Waals surface area (Å²) in [4.78, 5) is 58.4. The molecule has 0 saturated carbocycles. The Balaban J connectivity index is 0.000000167. The highest BCUT2D eigenvalue weighted by molar-refractivity contribution is 14.1. The number of halogens is 1. The number of anilines is 3. The van der Waals surface area contributed by atoms with E-state index in [1.54, 1.807) is 74.4 Å². The van der Waals surface area contributed by atoms with Crippen molar-refractivity contribution in [2.24, 2.45) is 0 Å². The molecule has 0 aliphatic carbocycles. The Morgan fingerprint density at radius 3 is 1.44 bits per heavy atom. The van der Waals surface area contributed by atoms with Crippen molar-refractivity contribution in [2.75, 3.05) is 16.8 Å². The maximum absolute atomic E-state index is 12.4. The molecule has 370 valence electrons. The molecule has 8 aromatic heterocycles. The molecule has 10 rings (SSSR count). The molecule has 0 aliphatic heterocycles. The van der Waals surface area contributed by atoms with Gasteiger partial charge in [-0.25, -0.2) is 29.9 Å². The van der Waals surface area contributed by atoms with Crippen LogP contribution in [0.2, 0.25) is 0 Å². The van der Waals surface area contributed by atoms with E-state index in [0.29, 0.717) is 23.9 Å². The first-order valence-electron chi connectivity index (χ1n) is 22.7. The van der Waals surface area contributed by atoms with Crippen molar-refractivity contribution in [3.05, 3.63) is 221 Å². The van der Waals surface area contributed by atoms with Crippen LogP contribution in [0.4, 0.5) is 17.5 Å². The minimum atomic E-state index is -0.808. The first kappa shape index (κ1) is 53.4. The number of nitrogens with two attached hydrogens (primary N) is 2. The van der Waals surface area contributed by atoms with Gasteiger partial charge < -0.3 is 36.0 Å². The van der Waals surface area contributed by atoms with Crippen LogP contribution >= 0.6 is 22.6 Å². The van der Waals surface area contributed by atoms with Gasteiger partial charge in [-0.15, -0.1) is 0 Å². The van der Waals surface area contributed by atoms with E-state index >= 15 is 0 Å². The van der Waals surface area contributed by atoms with Crippen molar-refractivity contribution in [2.45, 2.75) is 47.5 Å². The summed E-state index contributed by atoms with van der Waals surface area (Å²) in [6.07, 6.45) is 19.9. The Morgan fingerprint density at radius 2 is 1.07 bits per heavy atom. The third-order valence-electron chi connectivity index (χ3n) is 10.3. The fourth-order valence-corrected chi connectivity index (χ4v) is 6.95. The molecule has 7 N–H and O–H groups in total. The summed E-state index contributed by atoms with van der Waals surface area (Å²) in [7, 11) is 0. The van der Waals surface area contributed by atoms with Gasteiger partial charge in [-0.2, -0.15) is 0 Å². The fourth-order valence-electron chi connectivity index (χ4n) is 6.63. The number of aryl methyl sites for hydroxylation is 5. The Kier molecular flexibility index (Phi) is 19.7. The average Bonchev–Trinajstić information content (AvgIpc) is 4.17. The van der Waals surface area contributed by atoms with E-state index in [1.165, 1.54) is 0 Å². The zero-order valence-electron chi connectivity index (χ0n) is 40.9. The number of hydrogen-bond donors (Lipinski definition) is 5. The molecule has 10 aromatic rings. The lowest BCUT2D eigenvalue weighted by Gasteiger charge is -2.07. The molecule has 2 aromatic carbocycles. The molecule has 73 heavy (non-hydrogen) atoms. The van der Waals surface area contributed by atoms with Gasteiger partial charge in [0.15, 0.2) is 0 Å². The molecule has 1 amide bonds. The number of pyridine rings is 5. The molecule has 0 aliphatic rings. The summed E-state index contributed by atoms with van der Waals surface area (Å²) in [5, 5.41) is 11.5. The number of imidazole rings is 3. The molecule has 0 unspecified atom stereocenters. The van der Waals surface area contributed by atoms with Crippen LogP contribution in [0.3, 0.4) is 0 Å². The molecular formula is C55H55IN14O3. The summed E-state index contributed by atoms with van der Waals surface area (Å²) < 4.78 is 4.90. The molecular weight excluding hydrogens is 1030 g/mol. The number of benzene rings is 2. The highest BCUT2D eigenvalue weighted by atomic mass is 127. The monoisotopic (exact) mass is 1090 g/mol.